The van der Waals surface area contributed by atoms with E-state index >= 15 is 0 Å². The van der Waals surface area contributed by atoms with Gasteiger partial charge in [-0.2, -0.15) is 0 Å². The van der Waals surface area contributed by atoms with Gasteiger partial charge in [0.05, 0.1) is 48.1 Å². The van der Waals surface area contributed by atoms with Crippen molar-refractivity contribution in [1.29, 1.82) is 0 Å². The lowest BCUT2D eigenvalue weighted by molar-refractivity contribution is -0.318. The van der Waals surface area contributed by atoms with Crippen LogP contribution in [0.25, 0.3) is 0 Å². The van der Waals surface area contributed by atoms with Crippen LogP contribution in [0.2, 0.25) is 0 Å². The standard InChI is InChI=1S/C58H94N4O14/c1-15-46-58(11,69)50(64)39(7)61(13)33-34(2)30-56(9,68)52(37(5)49(38(6)54(67)74-46)75-47-31-57(10,70-14)51(65)40(8)73-47)76-55-48(63)45(29-36(4)72-55)60(12)26-18-28-71-43-23-21-42(22-24-43)53(66)59-32-35(3)62-27-25-41-19-16-17-20-44(41)62/h16-17,19-24,34-40,45-52,55,63-65,68-69H,15,18,25-33H2,1-14H3,(H,59,66)/t34-,35-,36-,37+,38-,39-,40+,45+,46-,47+,48-,49+,50-,51+,52-,55+,56-,57-,58-/m1/s1. The minimum Gasteiger partial charge on any atom is -0.494 e. The summed E-state index contributed by atoms with van der Waals surface area (Å²) in [5, 5.41) is 62.8. The molecule has 2 aromatic rings. The molecule has 3 fully saturated rings. The maximum Gasteiger partial charge on any atom is 0.311 e. The van der Waals surface area contributed by atoms with Crippen molar-refractivity contribution in [3.05, 3.63) is 59.7 Å². The fourth-order valence-electron chi connectivity index (χ4n) is 12.3. The maximum absolute atomic E-state index is 14.5. The van der Waals surface area contributed by atoms with Gasteiger partial charge < -0.3 is 78.7 Å². The number of ether oxygens (including phenoxy) is 7. The molecule has 0 bridgehead atoms. The molecule has 76 heavy (non-hydrogen) atoms. The van der Waals surface area contributed by atoms with Crippen molar-refractivity contribution in [2.45, 2.75) is 211 Å². The van der Waals surface area contributed by atoms with Crippen molar-refractivity contribution in [2.24, 2.45) is 17.8 Å². The predicted octanol–water partition coefficient (Wildman–Crippen LogP) is 4.92. The lowest BCUT2D eigenvalue weighted by Gasteiger charge is -2.49. The Bertz CT molecular complexity index is 2170. The Balaban J connectivity index is 1.16. The molecule has 4 aliphatic rings. The van der Waals surface area contributed by atoms with Crippen LogP contribution >= 0.6 is 0 Å². The average molecular weight is 1070 g/mol. The molecule has 18 heteroatoms. The number of fused-ring (bicyclic) bond motifs is 1. The van der Waals surface area contributed by atoms with Gasteiger partial charge in [-0.05, 0) is 143 Å². The number of likely N-dealkylation sites (N-methyl/N-ethyl adjacent to an activating group) is 2. The van der Waals surface area contributed by atoms with E-state index in [1.165, 1.54) is 25.3 Å². The zero-order valence-corrected chi connectivity index (χ0v) is 47.9. The van der Waals surface area contributed by atoms with Crippen LogP contribution in [0.5, 0.6) is 5.75 Å². The van der Waals surface area contributed by atoms with Gasteiger partial charge >= 0.3 is 5.97 Å². The van der Waals surface area contributed by atoms with Crippen LogP contribution in [-0.2, 0) is 39.6 Å². The topological polar surface area (TPSA) is 222 Å². The Kier molecular flexibility index (Phi) is 21.3. The van der Waals surface area contributed by atoms with Crippen molar-refractivity contribution in [3.8, 4) is 5.75 Å². The molecule has 4 heterocycles. The monoisotopic (exact) mass is 1070 g/mol. The number of aliphatic hydroxyl groups excluding tert-OH is 3. The lowest BCUT2D eigenvalue weighted by Crippen LogP contribution is -2.61. The van der Waals surface area contributed by atoms with Gasteiger partial charge in [0.2, 0.25) is 0 Å². The van der Waals surface area contributed by atoms with Crippen LogP contribution in [0.3, 0.4) is 0 Å². The highest BCUT2D eigenvalue weighted by Gasteiger charge is 2.53. The van der Waals surface area contributed by atoms with Gasteiger partial charge in [0, 0.05) is 75.0 Å². The summed E-state index contributed by atoms with van der Waals surface area (Å²) in [4.78, 5) is 33.9. The molecule has 0 saturated carbocycles. The van der Waals surface area contributed by atoms with Crippen LogP contribution < -0.4 is 15.0 Å². The summed E-state index contributed by atoms with van der Waals surface area (Å²) >= 11 is 0. The number of hydrogen-bond acceptors (Lipinski definition) is 17. The minimum atomic E-state index is -1.84. The molecule has 1 amide bonds. The summed E-state index contributed by atoms with van der Waals surface area (Å²) in [6.45, 7) is 22.5. The van der Waals surface area contributed by atoms with E-state index in [-0.39, 0.29) is 43.2 Å². The summed E-state index contributed by atoms with van der Waals surface area (Å²) in [7, 11) is 5.28. The first-order chi connectivity index (χ1) is 35.7. The number of carbonyl (C=O) groups is 2. The Hall–Kier alpha value is -3.50. The molecule has 6 N–H and O–H groups in total. The number of esters is 1. The van der Waals surface area contributed by atoms with E-state index < -0.39 is 102 Å². The van der Waals surface area contributed by atoms with Crippen LogP contribution in [-0.4, -0.2) is 198 Å². The van der Waals surface area contributed by atoms with Gasteiger partial charge in [0.15, 0.2) is 12.6 Å². The second-order valence-electron chi connectivity index (χ2n) is 23.5. The number of benzene rings is 2. The largest absolute Gasteiger partial charge is 0.494 e. The molecule has 0 unspecified atom stereocenters. The number of amides is 1. The summed E-state index contributed by atoms with van der Waals surface area (Å²) in [5.74, 6) is -2.29. The average Bonchev–Trinajstić information content (AvgIpc) is 3.82. The SMILES string of the molecule is CC[C@H]1OC(=O)[C@H](C)[C@@H](O[C@H]2C[C@@](C)(OC)[C@@H](O)[C@H](C)O2)[C@H](C)[C@@H](O[C@@H]2O[C@H](C)C[C@H](N(C)CCCOc3ccc(C(=O)NC[C@@H](C)N4CCc5ccccc54)cc3)[C@H]2O)[C@](C)(O)C[C@@H](C)CN(C)[C@H](C)[C@@H](O)[C@]1(C)O. The number of nitrogens with zero attached hydrogens (tertiary/aromatic N) is 3. The normalized spacial score (nSPS) is 38.7. The number of rotatable bonds is 16. The Morgan fingerprint density at radius 2 is 1.63 bits per heavy atom. The number of cyclic esters (lactones) is 1. The van der Waals surface area contributed by atoms with E-state index in [4.69, 9.17) is 33.2 Å². The number of methoxy groups -OCH3 is 1. The molecule has 0 spiro atoms. The third-order valence-corrected chi connectivity index (χ3v) is 17.2. The second-order valence-corrected chi connectivity index (χ2v) is 23.5. The highest BCUT2D eigenvalue weighted by Crippen LogP contribution is 2.40. The molecule has 6 rings (SSSR count). The smallest absolute Gasteiger partial charge is 0.311 e. The first-order valence-corrected chi connectivity index (χ1v) is 27.8. The van der Waals surface area contributed by atoms with Crippen molar-refractivity contribution >= 4 is 17.6 Å². The van der Waals surface area contributed by atoms with Gasteiger partial charge in [-0.3, -0.25) is 9.59 Å². The number of para-hydroxylation sites is 1. The van der Waals surface area contributed by atoms with E-state index in [1.54, 1.807) is 65.8 Å². The zero-order valence-electron chi connectivity index (χ0n) is 47.9. The summed E-state index contributed by atoms with van der Waals surface area (Å²) < 4.78 is 44.4. The summed E-state index contributed by atoms with van der Waals surface area (Å²) in [5.41, 5.74) is -1.42. The fraction of sp³-hybridized carbons (Fsp3) is 0.759. The minimum absolute atomic E-state index is 0.100. The summed E-state index contributed by atoms with van der Waals surface area (Å²) in [6, 6.07) is 14.7. The Labute approximate surface area is 452 Å². The van der Waals surface area contributed by atoms with Crippen LogP contribution in [0.15, 0.2) is 48.5 Å². The van der Waals surface area contributed by atoms with Crippen molar-refractivity contribution in [3.63, 3.8) is 0 Å². The van der Waals surface area contributed by atoms with Gasteiger partial charge in [0.1, 0.15) is 35.8 Å². The van der Waals surface area contributed by atoms with Gasteiger partial charge in [0.25, 0.3) is 5.91 Å². The molecule has 0 aliphatic carbocycles. The highest BCUT2D eigenvalue weighted by atomic mass is 16.7. The van der Waals surface area contributed by atoms with Crippen LogP contribution in [0, 0.1) is 17.8 Å². The molecule has 3 saturated heterocycles. The quantitative estimate of drug-likeness (QED) is 0.0970. The van der Waals surface area contributed by atoms with E-state index in [9.17, 15) is 35.1 Å². The number of nitrogens with one attached hydrogen (secondary N) is 1. The van der Waals surface area contributed by atoms with Crippen LogP contribution in [0.4, 0.5) is 5.69 Å². The first kappa shape index (κ1) is 61.7. The number of aliphatic hydroxyl groups is 5. The number of hydrogen-bond donors (Lipinski definition) is 6. The Morgan fingerprint density at radius 1 is 0.947 bits per heavy atom. The fourth-order valence-corrected chi connectivity index (χ4v) is 12.3. The van der Waals surface area contributed by atoms with Crippen LogP contribution in [0.1, 0.15) is 124 Å². The molecule has 18 nitrogen and oxygen atoms in total. The molecule has 2 aromatic carbocycles. The second kappa shape index (κ2) is 26.2. The molecule has 19 atom stereocenters. The van der Waals surface area contributed by atoms with Gasteiger partial charge in [-0.25, -0.2) is 0 Å². The maximum atomic E-state index is 14.5. The molecular weight excluding hydrogens is 977 g/mol. The Morgan fingerprint density at radius 3 is 2.30 bits per heavy atom. The van der Waals surface area contributed by atoms with E-state index in [0.717, 1.165) is 13.0 Å². The van der Waals surface area contributed by atoms with E-state index in [2.05, 4.69) is 46.3 Å². The van der Waals surface area contributed by atoms with E-state index in [0.29, 0.717) is 50.4 Å². The predicted molar refractivity (Wildman–Crippen MR) is 289 cm³/mol. The highest BCUT2D eigenvalue weighted by molar-refractivity contribution is 5.94. The van der Waals surface area contributed by atoms with Crippen molar-refractivity contribution in [2.75, 3.05) is 58.9 Å². The molecule has 430 valence electrons. The molecule has 0 aromatic heterocycles. The third-order valence-electron chi connectivity index (χ3n) is 17.2. The van der Waals surface area contributed by atoms with Gasteiger partial charge in [-0.1, -0.05) is 39.0 Å². The van der Waals surface area contributed by atoms with Crippen molar-refractivity contribution in [1.82, 2.24) is 15.1 Å². The van der Waals surface area contributed by atoms with Crippen molar-refractivity contribution < 1.29 is 68.3 Å². The molecular formula is C58H94N4O14. The summed E-state index contributed by atoms with van der Waals surface area (Å²) in [6.07, 6.45) is -7.42. The number of carbonyl (C=O) groups excluding carboxylic acids is 2. The van der Waals surface area contributed by atoms with Gasteiger partial charge in [-0.15, -0.1) is 0 Å². The first-order valence-electron chi connectivity index (χ1n) is 27.8. The lowest BCUT2D eigenvalue weighted by atomic mass is 9.77. The zero-order chi connectivity index (χ0) is 56.0. The molecule has 4 aliphatic heterocycles. The number of anilines is 1. The molecule has 0 radical (unpaired) electrons. The van der Waals surface area contributed by atoms with E-state index in [1.807, 2.05) is 39.8 Å². The third kappa shape index (κ3) is 14.5.